The van der Waals surface area contributed by atoms with Gasteiger partial charge in [-0.15, -0.1) is 11.3 Å². The van der Waals surface area contributed by atoms with E-state index >= 15 is 0 Å². The van der Waals surface area contributed by atoms with Crippen LogP contribution in [0.15, 0.2) is 52.8 Å². The van der Waals surface area contributed by atoms with Gasteiger partial charge in [-0.1, -0.05) is 35.9 Å². The van der Waals surface area contributed by atoms with Crippen molar-refractivity contribution in [1.29, 1.82) is 0 Å². The molecular weight excluding hydrogens is 382 g/mol. The van der Waals surface area contributed by atoms with Crippen LogP contribution in [-0.2, 0) is 19.5 Å². The van der Waals surface area contributed by atoms with Gasteiger partial charge in [-0.3, -0.25) is 14.8 Å². The second kappa shape index (κ2) is 7.42. The summed E-state index contributed by atoms with van der Waals surface area (Å²) in [5.41, 5.74) is 6.19. The molecule has 0 radical (unpaired) electrons. The fourth-order valence-electron chi connectivity index (χ4n) is 3.79. The molecule has 1 aliphatic heterocycles. The molecule has 0 saturated heterocycles. The molecule has 0 spiro atoms. The SMILES string of the molecule is Cc1ccc(-c2[nH]ncc2CN2CCc3nc(-c4cccs4)[nH]c(=O)c3C2)cc1. The van der Waals surface area contributed by atoms with E-state index in [9.17, 15) is 4.79 Å². The number of aromatic nitrogens is 4. The third kappa shape index (κ3) is 3.54. The molecule has 5 rings (SSSR count). The summed E-state index contributed by atoms with van der Waals surface area (Å²) >= 11 is 1.59. The minimum Gasteiger partial charge on any atom is -0.306 e. The summed E-state index contributed by atoms with van der Waals surface area (Å²) in [5.74, 6) is 0.675. The summed E-state index contributed by atoms with van der Waals surface area (Å²) in [5, 5.41) is 9.38. The zero-order chi connectivity index (χ0) is 19.8. The molecule has 3 aromatic heterocycles. The Morgan fingerprint density at radius 1 is 1.21 bits per heavy atom. The van der Waals surface area contributed by atoms with Gasteiger partial charge in [0.1, 0.15) is 0 Å². The third-order valence-corrected chi connectivity index (χ3v) is 6.23. The van der Waals surface area contributed by atoms with E-state index in [1.807, 2.05) is 23.7 Å². The highest BCUT2D eigenvalue weighted by Gasteiger charge is 2.23. The monoisotopic (exact) mass is 403 g/mol. The molecule has 146 valence electrons. The number of nitrogens with one attached hydrogen (secondary N) is 2. The highest BCUT2D eigenvalue weighted by molar-refractivity contribution is 7.13. The topological polar surface area (TPSA) is 77.7 Å². The summed E-state index contributed by atoms with van der Waals surface area (Å²) in [6.07, 6.45) is 2.66. The van der Waals surface area contributed by atoms with Crippen molar-refractivity contribution in [3.05, 3.63) is 80.7 Å². The normalized spacial score (nSPS) is 14.1. The predicted octanol–water partition coefficient (Wildman–Crippen LogP) is 3.76. The van der Waals surface area contributed by atoms with E-state index in [0.29, 0.717) is 12.4 Å². The molecule has 0 fully saturated rings. The largest absolute Gasteiger partial charge is 0.306 e. The number of fused-ring (bicyclic) bond motifs is 1. The first-order chi connectivity index (χ1) is 14.2. The average molecular weight is 404 g/mol. The molecule has 1 aliphatic rings. The Morgan fingerprint density at radius 3 is 2.86 bits per heavy atom. The minimum absolute atomic E-state index is 0.0333. The first-order valence-electron chi connectivity index (χ1n) is 9.65. The van der Waals surface area contributed by atoms with Crippen LogP contribution in [0.25, 0.3) is 22.0 Å². The average Bonchev–Trinajstić information content (AvgIpc) is 3.41. The lowest BCUT2D eigenvalue weighted by Crippen LogP contribution is -2.35. The van der Waals surface area contributed by atoms with Gasteiger partial charge in [-0.05, 0) is 23.9 Å². The number of rotatable bonds is 4. The number of hydrogen-bond donors (Lipinski definition) is 2. The number of benzene rings is 1. The van der Waals surface area contributed by atoms with Crippen LogP contribution >= 0.6 is 11.3 Å². The number of aromatic amines is 2. The molecule has 4 aromatic rings. The Labute approximate surface area is 172 Å². The molecular formula is C22H21N5OS. The van der Waals surface area contributed by atoms with Crippen LogP contribution in [0.4, 0.5) is 0 Å². The number of hydrogen-bond acceptors (Lipinski definition) is 5. The Morgan fingerprint density at radius 2 is 2.07 bits per heavy atom. The van der Waals surface area contributed by atoms with E-state index in [0.717, 1.165) is 52.5 Å². The van der Waals surface area contributed by atoms with Gasteiger partial charge in [0.05, 0.1) is 28.0 Å². The van der Waals surface area contributed by atoms with E-state index in [1.54, 1.807) is 11.3 Å². The van der Waals surface area contributed by atoms with Crippen molar-refractivity contribution < 1.29 is 0 Å². The fraction of sp³-hybridized carbons (Fsp3) is 0.227. The number of thiophene rings is 1. The van der Waals surface area contributed by atoms with Crippen molar-refractivity contribution >= 4 is 11.3 Å². The maximum Gasteiger partial charge on any atom is 0.255 e. The van der Waals surface area contributed by atoms with Crippen LogP contribution in [0.3, 0.4) is 0 Å². The lowest BCUT2D eigenvalue weighted by molar-refractivity contribution is 0.242. The van der Waals surface area contributed by atoms with Gasteiger partial charge in [0.15, 0.2) is 5.82 Å². The standard InChI is InChI=1S/C22H21N5OS/c1-14-4-6-15(7-5-14)20-16(11-23-26-20)12-27-9-8-18-17(13-27)22(28)25-21(24-18)19-3-2-10-29-19/h2-7,10-11H,8-9,12-13H2,1H3,(H,23,26)(H,24,25,28). The molecule has 1 aromatic carbocycles. The first kappa shape index (κ1) is 18.0. The summed E-state index contributed by atoms with van der Waals surface area (Å²) < 4.78 is 0. The highest BCUT2D eigenvalue weighted by atomic mass is 32.1. The molecule has 0 unspecified atom stereocenters. The lowest BCUT2D eigenvalue weighted by Gasteiger charge is -2.27. The Bertz CT molecular complexity index is 1190. The molecule has 29 heavy (non-hydrogen) atoms. The quantitative estimate of drug-likeness (QED) is 0.544. The molecule has 0 bridgehead atoms. The van der Waals surface area contributed by atoms with Gasteiger partial charge < -0.3 is 4.98 Å². The molecule has 0 saturated carbocycles. The summed E-state index contributed by atoms with van der Waals surface area (Å²) in [6.45, 7) is 4.29. The van der Waals surface area contributed by atoms with Crippen LogP contribution in [0.5, 0.6) is 0 Å². The Hall–Kier alpha value is -3.03. The molecule has 0 aliphatic carbocycles. The lowest BCUT2D eigenvalue weighted by atomic mass is 10.0. The smallest absolute Gasteiger partial charge is 0.255 e. The highest BCUT2D eigenvalue weighted by Crippen LogP contribution is 2.26. The molecule has 7 heteroatoms. The zero-order valence-electron chi connectivity index (χ0n) is 16.1. The summed E-state index contributed by atoms with van der Waals surface area (Å²) in [6, 6.07) is 12.4. The molecule has 0 atom stereocenters. The van der Waals surface area contributed by atoms with Gasteiger partial charge in [-0.25, -0.2) is 4.98 Å². The predicted molar refractivity (Wildman–Crippen MR) is 115 cm³/mol. The molecule has 4 heterocycles. The van der Waals surface area contributed by atoms with Crippen LogP contribution in [0, 0.1) is 6.92 Å². The van der Waals surface area contributed by atoms with Gasteiger partial charge in [0, 0.05) is 31.6 Å². The zero-order valence-corrected chi connectivity index (χ0v) is 16.9. The second-order valence-electron chi connectivity index (χ2n) is 7.41. The van der Waals surface area contributed by atoms with Gasteiger partial charge in [0.25, 0.3) is 5.56 Å². The van der Waals surface area contributed by atoms with Gasteiger partial charge in [0.2, 0.25) is 0 Å². The van der Waals surface area contributed by atoms with Crippen molar-refractivity contribution in [2.45, 2.75) is 26.4 Å². The van der Waals surface area contributed by atoms with E-state index in [-0.39, 0.29) is 5.56 Å². The summed E-state index contributed by atoms with van der Waals surface area (Å²) in [7, 11) is 0. The molecule has 6 nitrogen and oxygen atoms in total. The maximum atomic E-state index is 12.7. The van der Waals surface area contributed by atoms with Gasteiger partial charge >= 0.3 is 0 Å². The van der Waals surface area contributed by atoms with Crippen molar-refractivity contribution in [1.82, 2.24) is 25.1 Å². The second-order valence-corrected chi connectivity index (χ2v) is 8.36. The summed E-state index contributed by atoms with van der Waals surface area (Å²) in [4.78, 5) is 23.7. The van der Waals surface area contributed by atoms with Crippen molar-refractivity contribution in [2.75, 3.05) is 6.54 Å². The number of H-pyrrole nitrogens is 2. The van der Waals surface area contributed by atoms with Gasteiger partial charge in [-0.2, -0.15) is 5.10 Å². The fourth-order valence-corrected chi connectivity index (χ4v) is 4.46. The van der Waals surface area contributed by atoms with Crippen LogP contribution in [0.2, 0.25) is 0 Å². The van der Waals surface area contributed by atoms with E-state index in [2.05, 4.69) is 51.3 Å². The third-order valence-electron chi connectivity index (χ3n) is 5.35. The van der Waals surface area contributed by atoms with Crippen LogP contribution < -0.4 is 5.56 Å². The molecule has 2 N–H and O–H groups in total. The first-order valence-corrected chi connectivity index (χ1v) is 10.5. The number of aryl methyl sites for hydroxylation is 1. The van der Waals surface area contributed by atoms with E-state index < -0.39 is 0 Å². The van der Waals surface area contributed by atoms with Crippen molar-refractivity contribution in [2.24, 2.45) is 0 Å². The van der Waals surface area contributed by atoms with Crippen molar-refractivity contribution in [3.8, 4) is 22.0 Å². The van der Waals surface area contributed by atoms with E-state index in [1.165, 1.54) is 5.56 Å². The minimum atomic E-state index is -0.0333. The number of nitrogens with zero attached hydrogens (tertiary/aromatic N) is 3. The van der Waals surface area contributed by atoms with Crippen molar-refractivity contribution in [3.63, 3.8) is 0 Å². The Kier molecular flexibility index (Phi) is 4.61. The maximum absolute atomic E-state index is 12.7. The molecule has 0 amide bonds. The Balaban J connectivity index is 1.38. The van der Waals surface area contributed by atoms with E-state index in [4.69, 9.17) is 4.98 Å². The van der Waals surface area contributed by atoms with Crippen LogP contribution in [-0.4, -0.2) is 31.6 Å². The van der Waals surface area contributed by atoms with Crippen LogP contribution in [0.1, 0.15) is 22.4 Å².